The number of hydrogen-bond donors (Lipinski definition) is 1. The lowest BCUT2D eigenvalue weighted by Crippen LogP contribution is -2.38. The number of anilines is 2. The average molecular weight is 455 g/mol. The van der Waals surface area contributed by atoms with Crippen molar-refractivity contribution in [3.63, 3.8) is 0 Å². The van der Waals surface area contributed by atoms with Crippen LogP contribution in [0.2, 0.25) is 0 Å². The maximum atomic E-state index is 13.5. The third-order valence-electron chi connectivity index (χ3n) is 4.88. The van der Waals surface area contributed by atoms with Crippen LogP contribution in [-0.2, 0) is 14.8 Å². The molecule has 1 heterocycles. The lowest BCUT2D eigenvalue weighted by atomic mass is 10.2. The summed E-state index contributed by atoms with van der Waals surface area (Å²) in [5.41, 5.74) is 1.56. The average Bonchev–Trinajstić information content (AvgIpc) is 3.26. The first-order valence-corrected chi connectivity index (χ1v) is 11.2. The first-order chi connectivity index (χ1) is 15.4. The Hall–Kier alpha value is -3.72. The van der Waals surface area contributed by atoms with Gasteiger partial charge in [0.25, 0.3) is 10.0 Å². The predicted octanol–water partition coefficient (Wildman–Crippen LogP) is 3.57. The Kier molecular flexibility index (Phi) is 5.91. The highest BCUT2D eigenvalue weighted by atomic mass is 32.2. The molecule has 1 N–H and O–H groups in total. The van der Waals surface area contributed by atoms with Crippen molar-refractivity contribution < 1.29 is 27.4 Å². The van der Waals surface area contributed by atoms with Crippen LogP contribution in [0.5, 0.6) is 17.2 Å². The van der Waals surface area contributed by atoms with Crippen molar-refractivity contribution in [2.45, 2.75) is 11.8 Å². The molecule has 9 heteroatoms. The molecule has 8 nitrogen and oxygen atoms in total. The number of carbonyl (C=O) groups excluding carboxylic acids is 1. The molecule has 0 aliphatic carbocycles. The maximum Gasteiger partial charge on any atom is 0.264 e. The summed E-state index contributed by atoms with van der Waals surface area (Å²) in [6.45, 7) is 1.50. The number of amides is 1. The molecule has 3 aromatic carbocycles. The Labute approximate surface area is 186 Å². The highest BCUT2D eigenvalue weighted by molar-refractivity contribution is 7.92. The van der Waals surface area contributed by atoms with Crippen LogP contribution in [0, 0.1) is 6.92 Å². The number of fused-ring (bicyclic) bond motifs is 1. The molecule has 0 aromatic heterocycles. The molecule has 0 bridgehead atoms. The molecule has 0 radical (unpaired) electrons. The van der Waals surface area contributed by atoms with Crippen molar-refractivity contribution in [2.75, 3.05) is 30.1 Å². The van der Waals surface area contributed by atoms with Gasteiger partial charge in [-0.25, -0.2) is 8.42 Å². The first-order valence-electron chi connectivity index (χ1n) is 9.80. The van der Waals surface area contributed by atoms with E-state index in [2.05, 4.69) is 5.32 Å². The molecule has 1 aliphatic rings. The molecule has 166 valence electrons. The van der Waals surface area contributed by atoms with Crippen molar-refractivity contribution in [3.8, 4) is 17.2 Å². The van der Waals surface area contributed by atoms with E-state index in [1.165, 1.54) is 19.2 Å². The Morgan fingerprint density at radius 2 is 1.78 bits per heavy atom. The molecule has 32 heavy (non-hydrogen) atoms. The highest BCUT2D eigenvalue weighted by Crippen LogP contribution is 2.35. The summed E-state index contributed by atoms with van der Waals surface area (Å²) in [4.78, 5) is 13.0. The lowest BCUT2D eigenvalue weighted by Gasteiger charge is -2.26. The molecule has 3 aromatic rings. The van der Waals surface area contributed by atoms with Crippen LogP contribution in [0.15, 0.2) is 71.6 Å². The minimum Gasteiger partial charge on any atom is -0.495 e. The Bertz CT molecular complexity index is 1240. The number of methoxy groups -OCH3 is 1. The fourth-order valence-electron chi connectivity index (χ4n) is 3.32. The van der Waals surface area contributed by atoms with E-state index in [1.807, 2.05) is 13.0 Å². The van der Waals surface area contributed by atoms with Gasteiger partial charge < -0.3 is 19.5 Å². The van der Waals surface area contributed by atoms with Crippen LogP contribution in [0.25, 0.3) is 0 Å². The van der Waals surface area contributed by atoms with Gasteiger partial charge in [0.2, 0.25) is 12.7 Å². The Balaban J connectivity index is 1.68. The molecule has 0 unspecified atom stereocenters. The summed E-state index contributed by atoms with van der Waals surface area (Å²) < 4.78 is 44.1. The number of ether oxygens (including phenoxy) is 3. The SMILES string of the molecule is COc1ccc(C)cc1N(CC(=O)Nc1ccc2c(c1)OCO2)S(=O)(=O)c1ccccc1. The van der Waals surface area contributed by atoms with Crippen LogP contribution in [0.1, 0.15) is 5.56 Å². The number of carbonyl (C=O) groups is 1. The standard InChI is InChI=1S/C23H22N2O6S/c1-16-8-10-20(29-2)19(12-16)25(32(27,28)18-6-4-3-5-7-18)14-23(26)24-17-9-11-21-22(13-17)31-15-30-21/h3-13H,14-15H2,1-2H3,(H,24,26). The molecule has 1 amide bonds. The third-order valence-corrected chi connectivity index (χ3v) is 6.65. The summed E-state index contributed by atoms with van der Waals surface area (Å²) in [5, 5.41) is 2.73. The van der Waals surface area contributed by atoms with Gasteiger partial charge in [0.1, 0.15) is 12.3 Å². The van der Waals surface area contributed by atoms with Crippen molar-refractivity contribution in [1.82, 2.24) is 0 Å². The molecular weight excluding hydrogens is 432 g/mol. The van der Waals surface area contributed by atoms with Gasteiger partial charge in [-0.2, -0.15) is 0 Å². The molecular formula is C23H22N2O6S. The lowest BCUT2D eigenvalue weighted by molar-refractivity contribution is -0.114. The van der Waals surface area contributed by atoms with Gasteiger partial charge in [0.05, 0.1) is 17.7 Å². The number of sulfonamides is 1. The van der Waals surface area contributed by atoms with Crippen LogP contribution in [-0.4, -0.2) is 34.8 Å². The quantitative estimate of drug-likeness (QED) is 0.587. The summed E-state index contributed by atoms with van der Waals surface area (Å²) in [7, 11) is -2.60. The van der Waals surface area contributed by atoms with E-state index in [0.717, 1.165) is 9.87 Å². The second kappa shape index (κ2) is 8.80. The Morgan fingerprint density at radius 3 is 2.53 bits per heavy atom. The zero-order valence-electron chi connectivity index (χ0n) is 17.6. The smallest absolute Gasteiger partial charge is 0.264 e. The molecule has 0 spiro atoms. The van der Waals surface area contributed by atoms with Crippen molar-refractivity contribution in [2.24, 2.45) is 0 Å². The van der Waals surface area contributed by atoms with E-state index in [0.29, 0.717) is 22.9 Å². The summed E-state index contributed by atoms with van der Waals surface area (Å²) in [6.07, 6.45) is 0. The fraction of sp³-hybridized carbons (Fsp3) is 0.174. The molecule has 4 rings (SSSR count). The molecule has 0 fully saturated rings. The van der Waals surface area contributed by atoms with E-state index in [4.69, 9.17) is 14.2 Å². The number of aryl methyl sites for hydroxylation is 1. The number of nitrogens with zero attached hydrogens (tertiary/aromatic N) is 1. The van der Waals surface area contributed by atoms with Gasteiger partial charge in [-0.15, -0.1) is 0 Å². The van der Waals surface area contributed by atoms with E-state index in [9.17, 15) is 13.2 Å². The number of rotatable bonds is 7. The Morgan fingerprint density at radius 1 is 1.03 bits per heavy atom. The zero-order chi connectivity index (χ0) is 22.7. The summed E-state index contributed by atoms with van der Waals surface area (Å²) in [6, 6.07) is 18.1. The predicted molar refractivity (Wildman–Crippen MR) is 120 cm³/mol. The van der Waals surface area contributed by atoms with Gasteiger partial charge in [-0.3, -0.25) is 9.10 Å². The minimum absolute atomic E-state index is 0.0689. The monoisotopic (exact) mass is 454 g/mol. The molecule has 0 saturated carbocycles. The van der Waals surface area contributed by atoms with Gasteiger partial charge in [0.15, 0.2) is 11.5 Å². The molecule has 0 atom stereocenters. The van der Waals surface area contributed by atoms with E-state index >= 15 is 0 Å². The first kappa shape index (κ1) is 21.5. The fourth-order valence-corrected chi connectivity index (χ4v) is 4.76. The van der Waals surface area contributed by atoms with E-state index in [1.54, 1.807) is 48.5 Å². The highest BCUT2D eigenvalue weighted by Gasteiger charge is 2.29. The van der Waals surface area contributed by atoms with E-state index < -0.39 is 22.5 Å². The van der Waals surface area contributed by atoms with Crippen molar-refractivity contribution in [3.05, 3.63) is 72.3 Å². The van der Waals surface area contributed by atoms with E-state index in [-0.39, 0.29) is 17.4 Å². The topological polar surface area (TPSA) is 94.2 Å². The minimum atomic E-state index is -4.05. The number of hydrogen-bond acceptors (Lipinski definition) is 6. The van der Waals surface area contributed by atoms with Crippen LogP contribution in [0.3, 0.4) is 0 Å². The van der Waals surface area contributed by atoms with Crippen LogP contribution in [0.4, 0.5) is 11.4 Å². The summed E-state index contributed by atoms with van der Waals surface area (Å²) in [5.74, 6) is 0.913. The second-order valence-corrected chi connectivity index (χ2v) is 8.98. The molecule has 0 saturated heterocycles. The second-order valence-electron chi connectivity index (χ2n) is 7.12. The normalized spacial score (nSPS) is 12.3. The van der Waals surface area contributed by atoms with Gasteiger partial charge in [-0.1, -0.05) is 24.3 Å². The molecule has 1 aliphatic heterocycles. The third kappa shape index (κ3) is 4.33. The number of benzene rings is 3. The zero-order valence-corrected chi connectivity index (χ0v) is 18.4. The van der Waals surface area contributed by atoms with Crippen molar-refractivity contribution >= 4 is 27.3 Å². The van der Waals surface area contributed by atoms with Gasteiger partial charge in [0, 0.05) is 11.8 Å². The maximum absolute atomic E-state index is 13.5. The van der Waals surface area contributed by atoms with Gasteiger partial charge in [-0.05, 0) is 48.9 Å². The van der Waals surface area contributed by atoms with Crippen molar-refractivity contribution in [1.29, 1.82) is 0 Å². The largest absolute Gasteiger partial charge is 0.495 e. The van der Waals surface area contributed by atoms with Crippen LogP contribution >= 0.6 is 0 Å². The van der Waals surface area contributed by atoms with Gasteiger partial charge >= 0.3 is 0 Å². The van der Waals surface area contributed by atoms with Crippen LogP contribution < -0.4 is 23.8 Å². The summed E-state index contributed by atoms with van der Waals surface area (Å²) >= 11 is 0. The number of nitrogens with one attached hydrogen (secondary N) is 1.